The monoisotopic (exact) mass is 259 g/mol. The van der Waals surface area contributed by atoms with Gasteiger partial charge in [0.15, 0.2) is 11.6 Å². The van der Waals surface area contributed by atoms with Gasteiger partial charge in [0.25, 0.3) is 0 Å². The largest absolute Gasteiger partial charge is 0.494 e. The van der Waals surface area contributed by atoms with Crippen LogP contribution in [-0.4, -0.2) is 7.11 Å². The lowest BCUT2D eigenvalue weighted by molar-refractivity contribution is 0.386. The number of aryl methyl sites for hydroxylation is 2. The van der Waals surface area contributed by atoms with Crippen LogP contribution < -0.4 is 10.5 Å². The molecule has 1 atom stereocenters. The highest BCUT2D eigenvalue weighted by atomic mass is 19.1. The molecule has 3 heteroatoms. The van der Waals surface area contributed by atoms with E-state index in [2.05, 4.69) is 6.07 Å². The Balaban J connectivity index is 2.38. The van der Waals surface area contributed by atoms with E-state index in [9.17, 15) is 4.39 Å². The van der Waals surface area contributed by atoms with Crippen molar-refractivity contribution in [2.75, 3.05) is 7.11 Å². The summed E-state index contributed by atoms with van der Waals surface area (Å²) in [6, 6.07) is 10.6. The molecule has 0 amide bonds. The molecule has 0 saturated heterocycles. The fourth-order valence-electron chi connectivity index (χ4n) is 2.23. The molecule has 0 saturated carbocycles. The molecule has 0 aromatic heterocycles. The van der Waals surface area contributed by atoms with Crippen molar-refractivity contribution in [3.63, 3.8) is 0 Å². The maximum absolute atomic E-state index is 13.7. The number of rotatable bonds is 3. The normalized spacial score (nSPS) is 12.3. The second-order valence-corrected chi connectivity index (χ2v) is 4.73. The first-order valence-corrected chi connectivity index (χ1v) is 6.19. The number of hydrogen-bond donors (Lipinski definition) is 1. The minimum Gasteiger partial charge on any atom is -0.494 e. The van der Waals surface area contributed by atoms with Crippen LogP contribution in [0.5, 0.6) is 5.75 Å². The molecule has 0 fully saturated rings. The van der Waals surface area contributed by atoms with Gasteiger partial charge in [0.1, 0.15) is 0 Å². The molecule has 2 rings (SSSR count). The Hall–Kier alpha value is -1.87. The quantitative estimate of drug-likeness (QED) is 0.915. The first-order valence-electron chi connectivity index (χ1n) is 6.19. The molecule has 0 aliphatic rings. The van der Waals surface area contributed by atoms with Crippen LogP contribution >= 0.6 is 0 Å². The van der Waals surface area contributed by atoms with Crippen molar-refractivity contribution in [2.45, 2.75) is 19.9 Å². The van der Waals surface area contributed by atoms with Gasteiger partial charge in [-0.25, -0.2) is 4.39 Å². The Labute approximate surface area is 113 Å². The van der Waals surface area contributed by atoms with Gasteiger partial charge in [-0.15, -0.1) is 0 Å². The lowest BCUT2D eigenvalue weighted by Gasteiger charge is -2.16. The highest BCUT2D eigenvalue weighted by Gasteiger charge is 2.13. The van der Waals surface area contributed by atoms with Gasteiger partial charge in [0.05, 0.1) is 13.2 Å². The predicted molar refractivity (Wildman–Crippen MR) is 74.9 cm³/mol. The van der Waals surface area contributed by atoms with Crippen LogP contribution in [0.2, 0.25) is 0 Å². The van der Waals surface area contributed by atoms with E-state index >= 15 is 0 Å². The maximum Gasteiger partial charge on any atom is 0.165 e. The van der Waals surface area contributed by atoms with Crippen LogP contribution in [-0.2, 0) is 0 Å². The van der Waals surface area contributed by atoms with Crippen LogP contribution in [0.3, 0.4) is 0 Å². The molecule has 100 valence electrons. The molecule has 19 heavy (non-hydrogen) atoms. The summed E-state index contributed by atoms with van der Waals surface area (Å²) in [6.07, 6.45) is 0. The average molecular weight is 259 g/mol. The van der Waals surface area contributed by atoms with Crippen molar-refractivity contribution in [2.24, 2.45) is 5.73 Å². The second-order valence-electron chi connectivity index (χ2n) is 4.73. The molecular weight excluding hydrogens is 241 g/mol. The van der Waals surface area contributed by atoms with Crippen molar-refractivity contribution >= 4 is 0 Å². The number of methoxy groups -OCH3 is 1. The molecule has 1 unspecified atom stereocenters. The van der Waals surface area contributed by atoms with E-state index in [1.807, 2.05) is 26.0 Å². The Bertz CT molecular complexity index is 595. The van der Waals surface area contributed by atoms with Crippen LogP contribution in [0, 0.1) is 19.7 Å². The topological polar surface area (TPSA) is 35.2 Å². The van der Waals surface area contributed by atoms with Crippen molar-refractivity contribution in [1.82, 2.24) is 0 Å². The van der Waals surface area contributed by atoms with Crippen LogP contribution in [0.15, 0.2) is 36.4 Å². The molecule has 2 N–H and O–H groups in total. The molecule has 0 radical (unpaired) electrons. The van der Waals surface area contributed by atoms with E-state index in [0.29, 0.717) is 0 Å². The summed E-state index contributed by atoms with van der Waals surface area (Å²) in [6.45, 7) is 4.05. The standard InChI is InChI=1S/C16H18FNO/c1-10-4-6-13(11(2)8-10)16(18)12-5-7-15(19-3)14(17)9-12/h4-9,16H,18H2,1-3H3. The van der Waals surface area contributed by atoms with Crippen LogP contribution in [0.1, 0.15) is 28.3 Å². The Morgan fingerprint density at radius 3 is 2.42 bits per heavy atom. The molecule has 0 aliphatic heterocycles. The van der Waals surface area contributed by atoms with Crippen molar-refractivity contribution in [3.8, 4) is 5.75 Å². The highest BCUT2D eigenvalue weighted by molar-refractivity contribution is 5.40. The summed E-state index contributed by atoms with van der Waals surface area (Å²) in [7, 11) is 1.45. The molecule has 2 aromatic carbocycles. The van der Waals surface area contributed by atoms with Crippen molar-refractivity contribution in [1.29, 1.82) is 0 Å². The average Bonchev–Trinajstić information content (AvgIpc) is 2.38. The van der Waals surface area contributed by atoms with Gasteiger partial charge in [-0.2, -0.15) is 0 Å². The van der Waals surface area contributed by atoms with Gasteiger partial charge < -0.3 is 10.5 Å². The maximum atomic E-state index is 13.7. The van der Waals surface area contributed by atoms with E-state index in [4.69, 9.17) is 10.5 Å². The fourth-order valence-corrected chi connectivity index (χ4v) is 2.23. The molecular formula is C16H18FNO. The van der Waals surface area contributed by atoms with Crippen LogP contribution in [0.4, 0.5) is 4.39 Å². The number of benzene rings is 2. The lowest BCUT2D eigenvalue weighted by Crippen LogP contribution is -2.13. The van der Waals surface area contributed by atoms with E-state index in [1.165, 1.54) is 18.7 Å². The predicted octanol–water partition coefficient (Wildman–Crippen LogP) is 3.50. The Morgan fingerprint density at radius 2 is 1.84 bits per heavy atom. The third kappa shape index (κ3) is 2.76. The zero-order chi connectivity index (χ0) is 14.0. The summed E-state index contributed by atoms with van der Waals surface area (Å²) in [5.74, 6) is -0.156. The van der Waals surface area contributed by atoms with E-state index < -0.39 is 0 Å². The van der Waals surface area contributed by atoms with Gasteiger partial charge in [-0.3, -0.25) is 0 Å². The molecule has 0 bridgehead atoms. The minimum absolute atomic E-state index is 0.233. The third-order valence-electron chi connectivity index (χ3n) is 3.30. The van der Waals surface area contributed by atoms with Crippen LogP contribution in [0.25, 0.3) is 0 Å². The smallest absolute Gasteiger partial charge is 0.165 e. The number of nitrogens with two attached hydrogens (primary N) is 1. The zero-order valence-electron chi connectivity index (χ0n) is 11.4. The number of halogens is 1. The van der Waals surface area contributed by atoms with E-state index in [-0.39, 0.29) is 17.6 Å². The molecule has 0 aliphatic carbocycles. The van der Waals surface area contributed by atoms with E-state index in [1.54, 1.807) is 12.1 Å². The number of ether oxygens (including phenoxy) is 1. The number of hydrogen-bond acceptors (Lipinski definition) is 2. The van der Waals surface area contributed by atoms with Gasteiger partial charge in [-0.1, -0.05) is 29.8 Å². The Kier molecular flexibility index (Phi) is 3.86. The molecule has 0 spiro atoms. The summed E-state index contributed by atoms with van der Waals surface area (Å²) < 4.78 is 18.6. The van der Waals surface area contributed by atoms with Gasteiger partial charge in [-0.05, 0) is 42.7 Å². The summed E-state index contributed by atoms with van der Waals surface area (Å²) >= 11 is 0. The van der Waals surface area contributed by atoms with Crippen molar-refractivity contribution < 1.29 is 9.13 Å². The highest BCUT2D eigenvalue weighted by Crippen LogP contribution is 2.26. The molecule has 0 heterocycles. The fraction of sp³-hybridized carbons (Fsp3) is 0.250. The summed E-state index contributed by atoms with van der Waals surface area (Å²) in [4.78, 5) is 0. The zero-order valence-corrected chi connectivity index (χ0v) is 11.4. The third-order valence-corrected chi connectivity index (χ3v) is 3.30. The lowest BCUT2D eigenvalue weighted by atomic mass is 9.94. The SMILES string of the molecule is COc1ccc(C(N)c2ccc(C)cc2C)cc1F. The second kappa shape index (κ2) is 5.41. The molecule has 2 nitrogen and oxygen atoms in total. The summed E-state index contributed by atoms with van der Waals surface area (Å²) in [5.41, 5.74) is 10.3. The van der Waals surface area contributed by atoms with Gasteiger partial charge in [0.2, 0.25) is 0 Å². The summed E-state index contributed by atoms with van der Waals surface area (Å²) in [5, 5.41) is 0. The first-order chi connectivity index (χ1) is 9.02. The Morgan fingerprint density at radius 1 is 1.11 bits per heavy atom. The minimum atomic E-state index is -0.389. The first kappa shape index (κ1) is 13.6. The van der Waals surface area contributed by atoms with E-state index in [0.717, 1.165) is 16.7 Å². The molecule has 2 aromatic rings. The van der Waals surface area contributed by atoms with Gasteiger partial charge >= 0.3 is 0 Å². The van der Waals surface area contributed by atoms with Crippen molar-refractivity contribution in [3.05, 3.63) is 64.5 Å². The van der Waals surface area contributed by atoms with Gasteiger partial charge in [0, 0.05) is 0 Å².